The minimum atomic E-state index is 0.577. The number of anilines is 2. The summed E-state index contributed by atoms with van der Waals surface area (Å²) < 4.78 is 5.01. The first kappa shape index (κ1) is 14.2. The molecule has 106 valence electrons. The molecular weight excluding hydrogens is 254 g/mol. The first-order valence-corrected chi connectivity index (χ1v) is 6.47. The molecule has 2 aromatic rings. The molecule has 1 aromatic carbocycles. The lowest BCUT2D eigenvalue weighted by Gasteiger charge is -2.09. The van der Waals surface area contributed by atoms with E-state index in [4.69, 9.17) is 10.6 Å². The largest absolute Gasteiger partial charge is 0.385 e. The van der Waals surface area contributed by atoms with Crippen LogP contribution in [0.15, 0.2) is 36.4 Å². The van der Waals surface area contributed by atoms with Crippen LogP contribution in [0.25, 0.3) is 11.4 Å². The van der Waals surface area contributed by atoms with Crippen molar-refractivity contribution in [2.24, 2.45) is 5.84 Å². The summed E-state index contributed by atoms with van der Waals surface area (Å²) in [5.41, 5.74) is 3.51. The molecule has 6 nitrogen and oxygen atoms in total. The number of hydrazine groups is 1. The van der Waals surface area contributed by atoms with Crippen molar-refractivity contribution in [2.45, 2.75) is 6.42 Å². The smallest absolute Gasteiger partial charge is 0.163 e. The van der Waals surface area contributed by atoms with Crippen LogP contribution < -0.4 is 16.6 Å². The molecule has 0 saturated carbocycles. The summed E-state index contributed by atoms with van der Waals surface area (Å²) in [7, 11) is 1.69. The maximum absolute atomic E-state index is 5.45. The Labute approximate surface area is 118 Å². The van der Waals surface area contributed by atoms with Crippen LogP contribution in [0.3, 0.4) is 0 Å². The lowest BCUT2D eigenvalue weighted by atomic mass is 10.2. The fraction of sp³-hybridized carbons (Fsp3) is 0.286. The van der Waals surface area contributed by atoms with Crippen LogP contribution in [-0.2, 0) is 4.74 Å². The van der Waals surface area contributed by atoms with E-state index in [-0.39, 0.29) is 0 Å². The molecule has 0 amide bonds. The third-order valence-corrected chi connectivity index (χ3v) is 2.74. The van der Waals surface area contributed by atoms with Gasteiger partial charge in [-0.25, -0.2) is 15.8 Å². The fourth-order valence-electron chi connectivity index (χ4n) is 1.76. The zero-order chi connectivity index (χ0) is 14.2. The highest BCUT2D eigenvalue weighted by molar-refractivity contribution is 5.60. The second-order valence-electron chi connectivity index (χ2n) is 4.25. The Morgan fingerprint density at radius 2 is 1.90 bits per heavy atom. The van der Waals surface area contributed by atoms with Crippen molar-refractivity contribution < 1.29 is 4.74 Å². The first-order valence-electron chi connectivity index (χ1n) is 6.47. The van der Waals surface area contributed by atoms with Gasteiger partial charge in [-0.15, -0.1) is 0 Å². The van der Waals surface area contributed by atoms with E-state index < -0.39 is 0 Å². The van der Waals surface area contributed by atoms with Gasteiger partial charge in [-0.1, -0.05) is 30.3 Å². The van der Waals surface area contributed by atoms with Crippen LogP contribution in [0.4, 0.5) is 11.6 Å². The number of nitrogens with one attached hydrogen (secondary N) is 2. The number of benzene rings is 1. The van der Waals surface area contributed by atoms with E-state index in [0.717, 1.165) is 24.3 Å². The van der Waals surface area contributed by atoms with E-state index in [9.17, 15) is 0 Å². The van der Waals surface area contributed by atoms with E-state index >= 15 is 0 Å². The predicted molar refractivity (Wildman–Crippen MR) is 80.3 cm³/mol. The number of hydrogen-bond acceptors (Lipinski definition) is 6. The summed E-state index contributed by atoms with van der Waals surface area (Å²) in [6.07, 6.45) is 0.909. The Balaban J connectivity index is 2.16. The van der Waals surface area contributed by atoms with Gasteiger partial charge in [0.15, 0.2) is 5.82 Å². The van der Waals surface area contributed by atoms with Gasteiger partial charge < -0.3 is 15.5 Å². The Hall–Kier alpha value is -2.18. The number of aromatic nitrogens is 2. The summed E-state index contributed by atoms with van der Waals surface area (Å²) in [6.45, 7) is 1.49. The van der Waals surface area contributed by atoms with Crippen molar-refractivity contribution >= 4 is 11.6 Å². The second-order valence-corrected chi connectivity index (χ2v) is 4.25. The van der Waals surface area contributed by atoms with E-state index in [1.165, 1.54) is 0 Å². The molecule has 0 saturated heterocycles. The Bertz CT molecular complexity index is 532. The molecule has 0 atom stereocenters. The highest BCUT2D eigenvalue weighted by Gasteiger charge is 2.05. The lowest BCUT2D eigenvalue weighted by molar-refractivity contribution is 0.198. The maximum atomic E-state index is 5.45. The summed E-state index contributed by atoms with van der Waals surface area (Å²) in [6, 6.07) is 11.6. The number of nitrogen functional groups attached to an aromatic ring is 1. The summed E-state index contributed by atoms with van der Waals surface area (Å²) >= 11 is 0. The van der Waals surface area contributed by atoms with Crippen molar-refractivity contribution in [1.29, 1.82) is 0 Å². The van der Waals surface area contributed by atoms with Gasteiger partial charge in [0.1, 0.15) is 11.6 Å². The van der Waals surface area contributed by atoms with Crippen molar-refractivity contribution in [3.63, 3.8) is 0 Å². The number of hydrogen-bond donors (Lipinski definition) is 3. The molecule has 0 fully saturated rings. The molecule has 0 unspecified atom stereocenters. The van der Waals surface area contributed by atoms with E-state index in [2.05, 4.69) is 20.7 Å². The molecule has 20 heavy (non-hydrogen) atoms. The number of nitrogens with two attached hydrogens (primary N) is 1. The van der Waals surface area contributed by atoms with E-state index in [1.54, 1.807) is 13.2 Å². The molecular formula is C14H19N5O. The average Bonchev–Trinajstić information content (AvgIpc) is 2.52. The van der Waals surface area contributed by atoms with Crippen molar-refractivity contribution in [2.75, 3.05) is 31.0 Å². The quantitative estimate of drug-likeness (QED) is 0.406. The lowest BCUT2D eigenvalue weighted by Crippen LogP contribution is -2.12. The average molecular weight is 273 g/mol. The topological polar surface area (TPSA) is 85.1 Å². The highest BCUT2D eigenvalue weighted by atomic mass is 16.5. The van der Waals surface area contributed by atoms with Crippen LogP contribution in [0, 0.1) is 0 Å². The van der Waals surface area contributed by atoms with Gasteiger partial charge in [-0.2, -0.15) is 0 Å². The molecule has 0 radical (unpaired) electrons. The van der Waals surface area contributed by atoms with Crippen molar-refractivity contribution in [1.82, 2.24) is 9.97 Å². The van der Waals surface area contributed by atoms with Crippen LogP contribution in [0.5, 0.6) is 0 Å². The molecule has 0 bridgehead atoms. The van der Waals surface area contributed by atoms with Crippen LogP contribution in [-0.4, -0.2) is 30.2 Å². The highest BCUT2D eigenvalue weighted by Crippen LogP contribution is 2.19. The zero-order valence-corrected chi connectivity index (χ0v) is 11.5. The fourth-order valence-corrected chi connectivity index (χ4v) is 1.76. The number of methoxy groups -OCH3 is 1. The second kappa shape index (κ2) is 7.42. The zero-order valence-electron chi connectivity index (χ0n) is 11.5. The molecule has 6 heteroatoms. The number of rotatable bonds is 7. The van der Waals surface area contributed by atoms with Crippen molar-refractivity contribution in [3.8, 4) is 11.4 Å². The summed E-state index contributed by atoms with van der Waals surface area (Å²) in [5, 5.41) is 3.24. The summed E-state index contributed by atoms with van der Waals surface area (Å²) in [4.78, 5) is 8.85. The van der Waals surface area contributed by atoms with Gasteiger partial charge >= 0.3 is 0 Å². The third kappa shape index (κ3) is 3.91. The maximum Gasteiger partial charge on any atom is 0.163 e. The SMILES string of the molecule is COCCCNc1cc(NN)nc(-c2ccccc2)n1. The van der Waals surface area contributed by atoms with Crippen LogP contribution in [0.2, 0.25) is 0 Å². The molecule has 4 N–H and O–H groups in total. The molecule has 1 heterocycles. The molecule has 0 aliphatic carbocycles. The van der Waals surface area contributed by atoms with Gasteiger partial charge in [0.05, 0.1) is 0 Å². The van der Waals surface area contributed by atoms with Crippen molar-refractivity contribution in [3.05, 3.63) is 36.4 Å². The van der Waals surface area contributed by atoms with Gasteiger partial charge in [0.2, 0.25) is 0 Å². The van der Waals surface area contributed by atoms with Gasteiger partial charge in [-0.05, 0) is 6.42 Å². The van der Waals surface area contributed by atoms with Gasteiger partial charge in [0.25, 0.3) is 0 Å². The minimum absolute atomic E-state index is 0.577. The molecule has 2 rings (SSSR count). The monoisotopic (exact) mass is 273 g/mol. The van der Waals surface area contributed by atoms with Crippen LogP contribution in [0.1, 0.15) is 6.42 Å². The minimum Gasteiger partial charge on any atom is -0.385 e. The molecule has 1 aromatic heterocycles. The number of nitrogens with zero attached hydrogens (tertiary/aromatic N) is 2. The third-order valence-electron chi connectivity index (χ3n) is 2.74. The Morgan fingerprint density at radius 3 is 2.60 bits per heavy atom. The van der Waals surface area contributed by atoms with Gasteiger partial charge in [0, 0.05) is 31.9 Å². The summed E-state index contributed by atoms with van der Waals surface area (Å²) in [5.74, 6) is 7.40. The number of ether oxygens (including phenoxy) is 1. The Morgan fingerprint density at radius 1 is 1.15 bits per heavy atom. The predicted octanol–water partition coefficient (Wildman–Crippen LogP) is 1.88. The molecule has 0 aliphatic heterocycles. The van der Waals surface area contributed by atoms with E-state index in [1.807, 2.05) is 30.3 Å². The van der Waals surface area contributed by atoms with Gasteiger partial charge in [-0.3, -0.25) is 0 Å². The Kier molecular flexibility index (Phi) is 5.28. The van der Waals surface area contributed by atoms with E-state index in [0.29, 0.717) is 18.2 Å². The van der Waals surface area contributed by atoms with Crippen LogP contribution >= 0.6 is 0 Å². The normalized spacial score (nSPS) is 10.3. The first-order chi connectivity index (χ1) is 9.83. The molecule has 0 aliphatic rings. The molecule has 0 spiro atoms. The standard InChI is InChI=1S/C14H19N5O/c1-20-9-5-8-16-12-10-13(19-15)18-14(17-12)11-6-3-2-4-7-11/h2-4,6-7,10H,5,8-9,15H2,1H3,(H2,16,17,18,19).